The van der Waals surface area contributed by atoms with Gasteiger partial charge in [0.05, 0.1) is 18.3 Å². The van der Waals surface area contributed by atoms with Crippen LogP contribution in [-0.4, -0.2) is 46.7 Å². The van der Waals surface area contributed by atoms with E-state index in [1.54, 1.807) is 0 Å². The molecule has 0 aromatic heterocycles. The van der Waals surface area contributed by atoms with Crippen LogP contribution in [0.4, 0.5) is 0 Å². The molecule has 4 N–H and O–H groups in total. The predicted octanol–water partition coefficient (Wildman–Crippen LogP) is 7.09. The van der Waals surface area contributed by atoms with E-state index in [2.05, 4.69) is 20.8 Å². The number of hydrogen-bond acceptors (Lipinski definition) is 4. The predicted molar refractivity (Wildman–Crippen MR) is 141 cm³/mol. The summed E-state index contributed by atoms with van der Waals surface area (Å²) in [6.45, 7) is 6.51. The first-order chi connectivity index (χ1) is 15.4. The number of aliphatic hydroxyl groups excluding tert-OH is 3. The van der Waals surface area contributed by atoms with Crippen LogP contribution in [0.1, 0.15) is 136 Å². The van der Waals surface area contributed by atoms with Crippen molar-refractivity contribution in [2.24, 2.45) is 0 Å². The van der Waals surface area contributed by atoms with Gasteiger partial charge in [-0.3, -0.25) is 0 Å². The Kier molecular flexibility index (Phi) is 26.9. The fourth-order valence-corrected chi connectivity index (χ4v) is 8.56. The van der Waals surface area contributed by atoms with Crippen LogP contribution in [-0.2, 0) is 26.2 Å². The van der Waals surface area contributed by atoms with Crippen molar-refractivity contribution in [3.05, 3.63) is 0 Å². The van der Waals surface area contributed by atoms with Crippen molar-refractivity contribution >= 4 is 8.32 Å². The van der Waals surface area contributed by atoms with Crippen molar-refractivity contribution in [2.45, 2.75) is 173 Å². The maximum absolute atomic E-state index is 10.2. The molecule has 3 aliphatic carbocycles. The van der Waals surface area contributed by atoms with E-state index >= 15 is 0 Å². The summed E-state index contributed by atoms with van der Waals surface area (Å²) >= 11 is 0. The van der Waals surface area contributed by atoms with Gasteiger partial charge in [-0.15, -0.1) is 0 Å². The molecule has 0 saturated heterocycles. The molecule has 0 aromatic rings. The van der Waals surface area contributed by atoms with Crippen LogP contribution in [0, 0.1) is 0 Å². The van der Waals surface area contributed by atoms with E-state index in [0.29, 0.717) is 0 Å². The molecule has 3 aliphatic rings. The Morgan fingerprint density at radius 2 is 0.697 bits per heavy atom. The van der Waals surface area contributed by atoms with Gasteiger partial charge in [0, 0.05) is 26.2 Å². The van der Waals surface area contributed by atoms with E-state index in [1.165, 1.54) is 57.8 Å². The zero-order chi connectivity index (χ0) is 24.1. The minimum atomic E-state index is -1.75. The Bertz CT molecular complexity index is 327. The fraction of sp³-hybridized carbons (Fsp3) is 1.00. The number of hydrogen-bond donors (Lipinski definition) is 4. The van der Waals surface area contributed by atoms with Gasteiger partial charge in [-0.1, -0.05) is 97.8 Å². The topological polar surface area (TPSA) is 80.9 Å². The minimum absolute atomic E-state index is 0. The summed E-state index contributed by atoms with van der Waals surface area (Å²) in [5, 5.41) is 26.7. The first kappa shape index (κ1) is 36.1. The normalized spacial score (nSPS) is 20.1. The Hall–Kier alpha value is 0.940. The fourth-order valence-electron chi connectivity index (χ4n) is 5.01. The molecular weight excluding hydrogens is 508 g/mol. The zero-order valence-corrected chi connectivity index (χ0v) is 25.8. The van der Waals surface area contributed by atoms with Crippen LogP contribution in [0.5, 0.6) is 0 Å². The molecule has 3 rings (SSSR count). The molecule has 0 aliphatic heterocycles. The standard InChI is InChI=1S/C9H22OSi.3C6H12O.Zr/c1-4-7-11(10,8-5-2)9-6-3;3*7-6-4-2-1-3-5-6;/h10H,4-9H2,1-3H3;3*6-7H,1-5H2;. The largest absolute Gasteiger partial charge is 0.432 e. The van der Waals surface area contributed by atoms with E-state index in [4.69, 9.17) is 15.3 Å². The maximum Gasteiger partial charge on any atom is 0.188 e. The molecule has 0 spiro atoms. The van der Waals surface area contributed by atoms with Crippen LogP contribution >= 0.6 is 0 Å². The van der Waals surface area contributed by atoms with Gasteiger partial charge >= 0.3 is 0 Å². The zero-order valence-electron chi connectivity index (χ0n) is 22.4. The SMILES string of the molecule is CCC[Si](O)(CCC)CCC.OC1CCCCC1.OC1CCCCC1.OC1CCCCC1.[Zr]. The minimum Gasteiger partial charge on any atom is -0.432 e. The second kappa shape index (κ2) is 24.6. The second-order valence-corrected chi connectivity index (χ2v) is 14.3. The van der Waals surface area contributed by atoms with Gasteiger partial charge in [0.25, 0.3) is 0 Å². The van der Waals surface area contributed by atoms with Gasteiger partial charge in [-0.25, -0.2) is 0 Å². The van der Waals surface area contributed by atoms with Crippen molar-refractivity contribution in [3.63, 3.8) is 0 Å². The van der Waals surface area contributed by atoms with Crippen LogP contribution in [0.15, 0.2) is 0 Å². The summed E-state index contributed by atoms with van der Waals surface area (Å²) in [6.07, 6.45) is 21.2. The maximum atomic E-state index is 10.2. The molecule has 3 fully saturated rings. The molecule has 3 saturated carbocycles. The van der Waals surface area contributed by atoms with Gasteiger partial charge in [0.15, 0.2) is 8.32 Å². The molecular formula is C27H58O4SiZr. The van der Waals surface area contributed by atoms with Gasteiger partial charge < -0.3 is 20.1 Å². The molecule has 0 aromatic carbocycles. The molecule has 4 nitrogen and oxygen atoms in total. The van der Waals surface area contributed by atoms with E-state index in [-0.39, 0.29) is 44.5 Å². The summed E-state index contributed by atoms with van der Waals surface area (Å²) in [5.41, 5.74) is 0. The van der Waals surface area contributed by atoms with Crippen molar-refractivity contribution in [1.29, 1.82) is 0 Å². The van der Waals surface area contributed by atoms with E-state index in [1.807, 2.05) is 0 Å². The summed E-state index contributed by atoms with van der Waals surface area (Å²) in [5.74, 6) is 0. The Morgan fingerprint density at radius 1 is 0.485 bits per heavy atom. The molecule has 198 valence electrons. The van der Waals surface area contributed by atoms with Crippen LogP contribution < -0.4 is 0 Å². The third-order valence-corrected chi connectivity index (χ3v) is 11.2. The summed E-state index contributed by atoms with van der Waals surface area (Å²) in [6, 6.07) is 3.32. The van der Waals surface area contributed by atoms with Gasteiger partial charge in [0.1, 0.15) is 0 Å². The van der Waals surface area contributed by atoms with Gasteiger partial charge in [-0.2, -0.15) is 0 Å². The monoisotopic (exact) mass is 564 g/mol. The molecule has 0 unspecified atom stereocenters. The molecule has 0 heterocycles. The summed E-state index contributed by atoms with van der Waals surface area (Å²) in [7, 11) is -1.75. The molecule has 0 bridgehead atoms. The van der Waals surface area contributed by atoms with Gasteiger partial charge in [-0.05, 0) is 56.7 Å². The Labute approximate surface area is 226 Å². The van der Waals surface area contributed by atoms with Crippen molar-refractivity contribution in [2.75, 3.05) is 0 Å². The molecule has 33 heavy (non-hydrogen) atoms. The smallest absolute Gasteiger partial charge is 0.188 e. The molecule has 0 radical (unpaired) electrons. The molecule has 0 atom stereocenters. The van der Waals surface area contributed by atoms with Crippen molar-refractivity contribution in [1.82, 2.24) is 0 Å². The van der Waals surface area contributed by atoms with Crippen LogP contribution in [0.25, 0.3) is 0 Å². The molecule has 6 heteroatoms. The van der Waals surface area contributed by atoms with E-state index in [9.17, 15) is 4.80 Å². The Balaban J connectivity index is 0. The Morgan fingerprint density at radius 3 is 0.818 bits per heavy atom. The summed E-state index contributed by atoms with van der Waals surface area (Å²) < 4.78 is 0. The van der Waals surface area contributed by atoms with Gasteiger partial charge in [0.2, 0.25) is 0 Å². The second-order valence-electron chi connectivity index (χ2n) is 10.3. The summed E-state index contributed by atoms with van der Waals surface area (Å²) in [4.78, 5) is 10.2. The average molecular weight is 566 g/mol. The van der Waals surface area contributed by atoms with E-state index < -0.39 is 8.32 Å². The van der Waals surface area contributed by atoms with E-state index in [0.717, 1.165) is 75.9 Å². The average Bonchev–Trinajstić information content (AvgIpc) is 2.77. The first-order valence-corrected chi connectivity index (χ1v) is 16.7. The first-order valence-electron chi connectivity index (χ1n) is 14.1. The van der Waals surface area contributed by atoms with Crippen LogP contribution in [0.2, 0.25) is 18.1 Å². The quantitative estimate of drug-likeness (QED) is 0.259. The third kappa shape index (κ3) is 23.1. The third-order valence-electron chi connectivity index (χ3n) is 6.87. The van der Waals surface area contributed by atoms with Crippen molar-refractivity contribution in [3.8, 4) is 0 Å². The molecule has 0 amide bonds. The van der Waals surface area contributed by atoms with Crippen LogP contribution in [0.3, 0.4) is 0 Å². The number of rotatable bonds is 6. The van der Waals surface area contributed by atoms with Crippen molar-refractivity contribution < 1.29 is 46.3 Å². The number of aliphatic hydroxyl groups is 3.